The molecule has 2 radical (unpaired) electrons. The highest BCUT2D eigenvalue weighted by atomic mass is 16.5. The molecule has 1 heterocycles. The largest absolute Gasteiger partial charge is 0.383 e. The summed E-state index contributed by atoms with van der Waals surface area (Å²) in [4.78, 5) is 2.55. The van der Waals surface area contributed by atoms with Crippen LogP contribution in [-0.2, 0) is 4.74 Å². The highest BCUT2D eigenvalue weighted by Crippen LogP contribution is 2.45. The van der Waals surface area contributed by atoms with Crippen LogP contribution in [0.3, 0.4) is 0 Å². The van der Waals surface area contributed by atoms with E-state index in [0.29, 0.717) is 17.8 Å². The fourth-order valence-corrected chi connectivity index (χ4v) is 3.70. The lowest BCUT2D eigenvalue weighted by Crippen LogP contribution is -2.59. The van der Waals surface area contributed by atoms with Gasteiger partial charge in [-0.1, -0.05) is 60.2 Å². The quantitative estimate of drug-likeness (QED) is 0.640. The summed E-state index contributed by atoms with van der Waals surface area (Å²) in [5.74, 6) is 1.14. The summed E-state index contributed by atoms with van der Waals surface area (Å²) in [6, 6.07) is 0.678. The Hall–Kier alpha value is -0.0151. The van der Waals surface area contributed by atoms with Crippen molar-refractivity contribution in [2.75, 3.05) is 20.8 Å². The molecular formula is C19H42BNO. The zero-order chi connectivity index (χ0) is 17.8. The summed E-state index contributed by atoms with van der Waals surface area (Å²) in [5.41, 5.74) is 0.215. The molecule has 0 spiro atoms. The van der Waals surface area contributed by atoms with E-state index in [4.69, 9.17) is 12.6 Å². The Labute approximate surface area is 142 Å². The predicted octanol–water partition coefficient (Wildman–Crippen LogP) is 5.32. The van der Waals surface area contributed by atoms with Crippen LogP contribution in [0.5, 0.6) is 0 Å². The molecule has 3 heteroatoms. The molecular weight excluding hydrogens is 269 g/mol. The maximum absolute atomic E-state index is 6.26. The third-order valence-corrected chi connectivity index (χ3v) is 4.90. The number of rotatable bonds is 2. The van der Waals surface area contributed by atoms with E-state index in [1.807, 2.05) is 41.5 Å². The topological polar surface area (TPSA) is 12.5 Å². The van der Waals surface area contributed by atoms with Crippen LogP contribution in [0.4, 0.5) is 0 Å². The molecule has 1 saturated carbocycles. The minimum atomic E-state index is 0.215. The van der Waals surface area contributed by atoms with Gasteiger partial charge in [-0.3, -0.25) is 4.90 Å². The van der Waals surface area contributed by atoms with Gasteiger partial charge in [0.15, 0.2) is 0 Å². The van der Waals surface area contributed by atoms with Crippen LogP contribution >= 0.6 is 0 Å². The van der Waals surface area contributed by atoms with Gasteiger partial charge in [-0.25, -0.2) is 0 Å². The smallest absolute Gasteiger partial charge is 0.0704 e. The molecule has 1 aliphatic carbocycles. The maximum atomic E-state index is 6.26. The van der Waals surface area contributed by atoms with Gasteiger partial charge in [-0.2, -0.15) is 0 Å². The summed E-state index contributed by atoms with van der Waals surface area (Å²) < 4.78 is 5.39. The molecule has 2 aliphatic rings. The first-order chi connectivity index (χ1) is 10.6. The molecule has 0 aromatic heterocycles. The Morgan fingerprint density at radius 3 is 2.09 bits per heavy atom. The highest BCUT2D eigenvalue weighted by Gasteiger charge is 2.44. The number of likely N-dealkylation sites (N-methyl/N-ethyl adjacent to an activating group) is 1. The molecule has 0 amide bonds. The van der Waals surface area contributed by atoms with E-state index >= 15 is 0 Å². The van der Waals surface area contributed by atoms with Crippen molar-refractivity contribution in [3.8, 4) is 0 Å². The van der Waals surface area contributed by atoms with Crippen molar-refractivity contribution in [3.63, 3.8) is 0 Å². The standard InChI is InChI=1S/C13H24BNO.3C2H6/c1-13(9-16-3)8-7-10-11(14)5-4-6-12(10)15(13)2;3*1-2/h10-12H,4-9H2,1-3H3;3*1-2H3. The third-order valence-electron chi connectivity index (χ3n) is 4.90. The summed E-state index contributed by atoms with van der Waals surface area (Å²) in [7, 11) is 10.3. The zero-order valence-corrected chi connectivity index (χ0v) is 16.9. The van der Waals surface area contributed by atoms with Gasteiger partial charge in [-0.05, 0) is 39.2 Å². The number of piperidine rings is 1. The van der Waals surface area contributed by atoms with Crippen LogP contribution in [0.2, 0.25) is 5.82 Å². The molecule has 0 aromatic rings. The molecule has 1 saturated heterocycles. The first-order valence-corrected chi connectivity index (χ1v) is 9.56. The summed E-state index contributed by atoms with van der Waals surface area (Å²) in [6.45, 7) is 15.2. The van der Waals surface area contributed by atoms with E-state index in [9.17, 15) is 0 Å². The molecule has 4 unspecified atom stereocenters. The summed E-state index contributed by atoms with van der Waals surface area (Å²) in [6.07, 6.45) is 6.31. The average Bonchev–Trinajstić information content (AvgIpc) is 2.58. The molecule has 2 nitrogen and oxygen atoms in total. The van der Waals surface area contributed by atoms with Gasteiger partial charge in [0.2, 0.25) is 0 Å². The molecule has 2 fully saturated rings. The van der Waals surface area contributed by atoms with Crippen LogP contribution in [0, 0.1) is 5.92 Å². The van der Waals surface area contributed by atoms with Gasteiger partial charge in [-0.15, -0.1) is 0 Å². The number of fused-ring (bicyclic) bond motifs is 1. The second-order valence-corrected chi connectivity index (χ2v) is 5.91. The molecule has 0 bridgehead atoms. The fourth-order valence-electron chi connectivity index (χ4n) is 3.70. The minimum absolute atomic E-state index is 0.215. The fraction of sp³-hybridized carbons (Fsp3) is 1.00. The Kier molecular flexibility index (Phi) is 14.8. The van der Waals surface area contributed by atoms with Crippen molar-refractivity contribution < 1.29 is 4.74 Å². The number of hydrogen-bond donors (Lipinski definition) is 0. The van der Waals surface area contributed by atoms with E-state index < -0.39 is 0 Å². The van der Waals surface area contributed by atoms with Crippen LogP contribution < -0.4 is 0 Å². The van der Waals surface area contributed by atoms with Crippen LogP contribution in [-0.4, -0.2) is 45.1 Å². The number of ether oxygens (including phenoxy) is 1. The number of methoxy groups -OCH3 is 1. The second kappa shape index (κ2) is 13.4. The lowest BCUT2D eigenvalue weighted by molar-refractivity contribution is -0.0558. The Balaban J connectivity index is 0. The van der Waals surface area contributed by atoms with Crippen molar-refractivity contribution in [1.82, 2.24) is 4.90 Å². The van der Waals surface area contributed by atoms with Gasteiger partial charge in [0, 0.05) is 18.7 Å². The van der Waals surface area contributed by atoms with Crippen molar-refractivity contribution in [2.24, 2.45) is 5.92 Å². The number of likely N-dealkylation sites (tertiary alicyclic amines) is 1. The zero-order valence-electron chi connectivity index (χ0n) is 16.9. The van der Waals surface area contributed by atoms with Crippen LogP contribution in [0.25, 0.3) is 0 Å². The highest BCUT2D eigenvalue weighted by molar-refractivity contribution is 6.11. The lowest BCUT2D eigenvalue weighted by atomic mass is 9.61. The van der Waals surface area contributed by atoms with E-state index in [-0.39, 0.29) is 5.54 Å². The molecule has 0 N–H and O–H groups in total. The molecule has 0 aromatic carbocycles. The number of hydrogen-bond acceptors (Lipinski definition) is 2. The number of nitrogens with zero attached hydrogens (tertiary/aromatic N) is 1. The molecule has 2 rings (SSSR count). The monoisotopic (exact) mass is 311 g/mol. The first kappa shape index (κ1) is 24.2. The van der Waals surface area contributed by atoms with Crippen molar-refractivity contribution in [3.05, 3.63) is 0 Å². The molecule has 1 aliphatic heterocycles. The van der Waals surface area contributed by atoms with Gasteiger partial charge < -0.3 is 4.74 Å². The SMILES string of the molecule is CC.CC.CC.[B]C1CCCC2C1CCC(C)(COC)N2C. The lowest BCUT2D eigenvalue weighted by Gasteiger charge is -2.54. The van der Waals surface area contributed by atoms with E-state index in [0.717, 1.165) is 6.61 Å². The van der Waals surface area contributed by atoms with E-state index in [1.54, 1.807) is 7.11 Å². The summed E-state index contributed by atoms with van der Waals surface area (Å²) >= 11 is 0. The van der Waals surface area contributed by atoms with Gasteiger partial charge in [0.1, 0.15) is 0 Å². The maximum Gasteiger partial charge on any atom is 0.0704 e. The first-order valence-electron chi connectivity index (χ1n) is 9.56. The van der Waals surface area contributed by atoms with Gasteiger partial charge >= 0.3 is 0 Å². The van der Waals surface area contributed by atoms with Gasteiger partial charge in [0.05, 0.1) is 14.5 Å². The van der Waals surface area contributed by atoms with Crippen molar-refractivity contribution in [1.29, 1.82) is 0 Å². The Morgan fingerprint density at radius 2 is 1.59 bits per heavy atom. The second-order valence-electron chi connectivity index (χ2n) is 5.91. The van der Waals surface area contributed by atoms with Crippen LogP contribution in [0.15, 0.2) is 0 Å². The normalized spacial score (nSPS) is 33.8. The van der Waals surface area contributed by atoms with E-state index in [1.165, 1.54) is 32.1 Å². The third kappa shape index (κ3) is 6.24. The minimum Gasteiger partial charge on any atom is -0.383 e. The van der Waals surface area contributed by atoms with Gasteiger partial charge in [0.25, 0.3) is 0 Å². The predicted molar refractivity (Wildman–Crippen MR) is 102 cm³/mol. The Bertz CT molecular complexity index is 250. The molecule has 22 heavy (non-hydrogen) atoms. The molecule has 4 atom stereocenters. The van der Waals surface area contributed by atoms with Crippen LogP contribution in [0.1, 0.15) is 80.6 Å². The summed E-state index contributed by atoms with van der Waals surface area (Å²) in [5, 5.41) is 0. The van der Waals surface area contributed by atoms with Crippen molar-refractivity contribution >= 4 is 7.85 Å². The Morgan fingerprint density at radius 1 is 1.05 bits per heavy atom. The van der Waals surface area contributed by atoms with Crippen molar-refractivity contribution in [2.45, 2.75) is 98.0 Å². The average molecular weight is 311 g/mol. The molecule has 132 valence electrons. The van der Waals surface area contributed by atoms with E-state index in [2.05, 4.69) is 18.9 Å².